The van der Waals surface area contributed by atoms with Crippen molar-refractivity contribution < 1.29 is 0 Å². The van der Waals surface area contributed by atoms with E-state index >= 15 is 0 Å². The fraction of sp³-hybridized carbons (Fsp3) is 0.667. The Balaban J connectivity index is 3.21. The molecule has 0 N–H and O–H groups in total. The number of hydrogen-bond acceptors (Lipinski definition) is 3. The summed E-state index contributed by atoms with van der Waals surface area (Å²) in [5.41, 5.74) is 10.3. The zero-order valence-corrected chi connectivity index (χ0v) is 10.9. The predicted molar refractivity (Wildman–Crippen MR) is 68.3 cm³/mol. The molecule has 5 nitrogen and oxygen atoms in total. The van der Waals surface area contributed by atoms with Crippen LogP contribution in [0.3, 0.4) is 0 Å². The Labute approximate surface area is 102 Å². The van der Waals surface area contributed by atoms with Gasteiger partial charge >= 0.3 is 0 Å². The van der Waals surface area contributed by atoms with Gasteiger partial charge in [-0.05, 0) is 29.4 Å². The van der Waals surface area contributed by atoms with Gasteiger partial charge in [0.2, 0.25) is 0 Å². The maximum absolute atomic E-state index is 8.58. The Kier molecular flexibility index (Phi) is 4.91. The Hall–Kier alpha value is -1.61. The van der Waals surface area contributed by atoms with Crippen molar-refractivity contribution in [2.45, 2.75) is 52.4 Å². The van der Waals surface area contributed by atoms with Crippen LogP contribution in [-0.4, -0.2) is 9.97 Å². The summed E-state index contributed by atoms with van der Waals surface area (Å²) in [7, 11) is 0. The Morgan fingerprint density at radius 1 is 1.29 bits per heavy atom. The molecule has 1 aromatic rings. The van der Waals surface area contributed by atoms with E-state index in [1.54, 1.807) is 6.20 Å². The van der Waals surface area contributed by atoms with Crippen molar-refractivity contribution in [2.24, 2.45) is 5.11 Å². The molecule has 0 saturated heterocycles. The van der Waals surface area contributed by atoms with Gasteiger partial charge in [-0.3, -0.25) is 4.98 Å². The van der Waals surface area contributed by atoms with Crippen molar-refractivity contribution >= 4 is 5.82 Å². The predicted octanol–water partition coefficient (Wildman–Crippen LogP) is 4.45. The highest BCUT2D eigenvalue weighted by Crippen LogP contribution is 2.27. The van der Waals surface area contributed by atoms with Gasteiger partial charge in [-0.2, -0.15) is 0 Å². The molecule has 0 fully saturated rings. The van der Waals surface area contributed by atoms with Gasteiger partial charge in [0.1, 0.15) is 5.82 Å². The molecule has 5 heteroatoms. The number of aromatic nitrogens is 2. The van der Waals surface area contributed by atoms with Crippen molar-refractivity contribution in [3.05, 3.63) is 28.0 Å². The Morgan fingerprint density at radius 3 is 2.47 bits per heavy atom. The minimum Gasteiger partial charge on any atom is -0.257 e. The molecular weight excluding hydrogens is 214 g/mol. The van der Waals surface area contributed by atoms with E-state index in [1.165, 1.54) is 0 Å². The summed E-state index contributed by atoms with van der Waals surface area (Å²) in [6.45, 7) is 8.33. The molecule has 0 aromatic carbocycles. The standard InChI is InChI=1S/C12H19N5/c1-5-8(3)10-7-14-11(9(4)6-2)12(15-10)16-17-13/h7-9H,5-6H2,1-4H3. The van der Waals surface area contributed by atoms with Gasteiger partial charge in [-0.1, -0.05) is 27.7 Å². The van der Waals surface area contributed by atoms with E-state index < -0.39 is 0 Å². The maximum atomic E-state index is 8.58. The van der Waals surface area contributed by atoms with Gasteiger partial charge in [0.05, 0.1) is 11.4 Å². The monoisotopic (exact) mass is 233 g/mol. The van der Waals surface area contributed by atoms with E-state index in [9.17, 15) is 0 Å². The largest absolute Gasteiger partial charge is 0.257 e. The van der Waals surface area contributed by atoms with Crippen LogP contribution in [0.4, 0.5) is 5.82 Å². The smallest absolute Gasteiger partial charge is 0.148 e. The fourth-order valence-electron chi connectivity index (χ4n) is 1.51. The summed E-state index contributed by atoms with van der Waals surface area (Å²) in [6.07, 6.45) is 3.74. The second-order valence-electron chi connectivity index (χ2n) is 4.31. The lowest BCUT2D eigenvalue weighted by Crippen LogP contribution is -2.03. The summed E-state index contributed by atoms with van der Waals surface area (Å²) in [6, 6.07) is 0. The van der Waals surface area contributed by atoms with Crippen molar-refractivity contribution in [1.29, 1.82) is 0 Å². The number of hydrogen-bond donors (Lipinski definition) is 0. The van der Waals surface area contributed by atoms with E-state index in [0.29, 0.717) is 11.7 Å². The van der Waals surface area contributed by atoms with Gasteiger partial charge in [0.15, 0.2) is 0 Å². The molecule has 0 bridgehead atoms. The Bertz CT molecular complexity index is 423. The SMILES string of the molecule is CCC(C)c1cnc(C(C)CC)c(N=[N+]=[N-])n1. The van der Waals surface area contributed by atoms with Crippen LogP contribution in [0.2, 0.25) is 0 Å². The summed E-state index contributed by atoms with van der Waals surface area (Å²) in [5.74, 6) is 1.02. The molecule has 0 aliphatic carbocycles. The molecule has 0 amide bonds. The molecule has 2 unspecified atom stereocenters. The van der Waals surface area contributed by atoms with Crippen molar-refractivity contribution in [3.63, 3.8) is 0 Å². The van der Waals surface area contributed by atoms with Crippen LogP contribution in [0.15, 0.2) is 11.3 Å². The normalized spacial score (nSPS) is 13.9. The summed E-state index contributed by atoms with van der Waals surface area (Å²) in [5, 5.41) is 3.66. The third-order valence-corrected chi connectivity index (χ3v) is 3.14. The van der Waals surface area contributed by atoms with E-state index in [4.69, 9.17) is 5.53 Å². The third-order valence-electron chi connectivity index (χ3n) is 3.14. The van der Waals surface area contributed by atoms with Crippen LogP contribution in [0.1, 0.15) is 63.8 Å². The van der Waals surface area contributed by atoms with E-state index in [2.05, 4.69) is 47.7 Å². The molecule has 2 atom stereocenters. The zero-order valence-electron chi connectivity index (χ0n) is 10.9. The van der Waals surface area contributed by atoms with Crippen LogP contribution in [0.5, 0.6) is 0 Å². The van der Waals surface area contributed by atoms with E-state index in [1.807, 2.05) is 0 Å². The molecule has 0 saturated carbocycles. The summed E-state index contributed by atoms with van der Waals surface area (Å²) >= 11 is 0. The highest BCUT2D eigenvalue weighted by Gasteiger charge is 2.14. The average molecular weight is 233 g/mol. The van der Waals surface area contributed by atoms with Gasteiger partial charge < -0.3 is 0 Å². The summed E-state index contributed by atoms with van der Waals surface area (Å²) in [4.78, 5) is 11.7. The zero-order chi connectivity index (χ0) is 12.8. The third kappa shape index (κ3) is 3.17. The van der Waals surface area contributed by atoms with Crippen LogP contribution in [0.25, 0.3) is 10.4 Å². The fourth-order valence-corrected chi connectivity index (χ4v) is 1.51. The highest BCUT2D eigenvalue weighted by atomic mass is 15.2. The molecule has 1 rings (SSSR count). The first-order valence-electron chi connectivity index (χ1n) is 6.05. The lowest BCUT2D eigenvalue weighted by molar-refractivity contribution is 0.674. The molecule has 0 aliphatic rings. The van der Waals surface area contributed by atoms with Crippen LogP contribution >= 0.6 is 0 Å². The molecule has 1 heterocycles. The second kappa shape index (κ2) is 6.21. The number of rotatable bonds is 5. The van der Waals surface area contributed by atoms with Crippen molar-refractivity contribution in [2.75, 3.05) is 0 Å². The van der Waals surface area contributed by atoms with Gasteiger partial charge in [-0.25, -0.2) is 4.98 Å². The highest BCUT2D eigenvalue weighted by molar-refractivity contribution is 5.36. The quantitative estimate of drug-likeness (QED) is 0.428. The van der Waals surface area contributed by atoms with Crippen LogP contribution in [-0.2, 0) is 0 Å². The van der Waals surface area contributed by atoms with Gasteiger partial charge in [-0.15, -0.1) is 0 Å². The molecular formula is C12H19N5. The van der Waals surface area contributed by atoms with Crippen LogP contribution < -0.4 is 0 Å². The second-order valence-corrected chi connectivity index (χ2v) is 4.31. The first-order chi connectivity index (χ1) is 8.13. The van der Waals surface area contributed by atoms with Gasteiger partial charge in [0.25, 0.3) is 0 Å². The lowest BCUT2D eigenvalue weighted by Gasteiger charge is -2.13. The minimum absolute atomic E-state index is 0.258. The molecule has 0 radical (unpaired) electrons. The molecule has 17 heavy (non-hydrogen) atoms. The molecule has 0 aliphatic heterocycles. The molecule has 92 valence electrons. The van der Waals surface area contributed by atoms with E-state index in [0.717, 1.165) is 24.2 Å². The minimum atomic E-state index is 0.258. The Morgan fingerprint density at radius 2 is 1.94 bits per heavy atom. The van der Waals surface area contributed by atoms with Gasteiger partial charge in [0, 0.05) is 17.0 Å². The molecule has 0 spiro atoms. The van der Waals surface area contributed by atoms with E-state index in [-0.39, 0.29) is 5.92 Å². The molecule has 1 aromatic heterocycles. The summed E-state index contributed by atoms with van der Waals surface area (Å²) < 4.78 is 0. The van der Waals surface area contributed by atoms with Crippen molar-refractivity contribution in [3.8, 4) is 0 Å². The average Bonchev–Trinajstić information content (AvgIpc) is 2.37. The first-order valence-corrected chi connectivity index (χ1v) is 6.05. The van der Waals surface area contributed by atoms with Crippen molar-refractivity contribution in [1.82, 2.24) is 9.97 Å². The first kappa shape index (κ1) is 13.5. The number of azide groups is 1. The maximum Gasteiger partial charge on any atom is 0.148 e. The number of nitrogens with zero attached hydrogens (tertiary/aromatic N) is 5. The van der Waals surface area contributed by atoms with Crippen LogP contribution in [0, 0.1) is 0 Å². The lowest BCUT2D eigenvalue weighted by atomic mass is 10.0. The topological polar surface area (TPSA) is 74.5 Å².